The fourth-order valence-corrected chi connectivity index (χ4v) is 2.36. The van der Waals surface area contributed by atoms with Crippen LogP contribution >= 0.6 is 0 Å². The first-order valence-corrected chi connectivity index (χ1v) is 9.04. The summed E-state index contributed by atoms with van der Waals surface area (Å²) in [6.07, 6.45) is 4.12. The lowest BCUT2D eigenvalue weighted by Crippen LogP contribution is -2.29. The summed E-state index contributed by atoms with van der Waals surface area (Å²) in [7, 11) is -1.31. The Balaban J connectivity index is 2.17. The number of ether oxygens (including phenoxy) is 2. The van der Waals surface area contributed by atoms with Crippen molar-refractivity contribution in [3.05, 3.63) is 11.6 Å². The molecule has 0 aromatic heterocycles. The Kier molecular flexibility index (Phi) is 2.76. The first-order chi connectivity index (χ1) is 7.02. The molecule has 1 saturated heterocycles. The van der Waals surface area contributed by atoms with Gasteiger partial charge in [0.25, 0.3) is 0 Å². The molecule has 0 radical (unpaired) electrons. The molecule has 0 aromatic rings. The molecule has 0 bridgehead atoms. The molecule has 0 aromatic carbocycles. The van der Waals surface area contributed by atoms with E-state index < -0.39 is 13.9 Å². The van der Waals surface area contributed by atoms with Crippen LogP contribution in [0.3, 0.4) is 0 Å². The molecule has 1 aliphatic heterocycles. The molecule has 1 spiro atoms. The molecular formula is C12H18O2Si. The van der Waals surface area contributed by atoms with Crippen LogP contribution in [-0.2, 0) is 9.47 Å². The Morgan fingerprint density at radius 2 is 1.93 bits per heavy atom. The van der Waals surface area contributed by atoms with Crippen molar-refractivity contribution in [1.29, 1.82) is 0 Å². The predicted octanol–water partition coefficient (Wildman–Crippen LogP) is 2.33. The van der Waals surface area contributed by atoms with E-state index in [1.165, 1.54) is 0 Å². The topological polar surface area (TPSA) is 18.5 Å². The van der Waals surface area contributed by atoms with E-state index in [9.17, 15) is 0 Å². The van der Waals surface area contributed by atoms with Crippen molar-refractivity contribution in [2.45, 2.75) is 38.3 Å². The minimum Gasteiger partial charge on any atom is -0.343 e. The molecule has 2 nitrogen and oxygen atoms in total. The summed E-state index contributed by atoms with van der Waals surface area (Å²) in [4.78, 5) is 0. The molecule has 0 saturated carbocycles. The van der Waals surface area contributed by atoms with Crippen LogP contribution in [0.5, 0.6) is 0 Å². The second-order valence-electron chi connectivity index (χ2n) is 5.11. The van der Waals surface area contributed by atoms with E-state index in [2.05, 4.69) is 37.2 Å². The molecule has 0 unspecified atom stereocenters. The first kappa shape index (κ1) is 10.9. The molecule has 1 fully saturated rings. The van der Waals surface area contributed by atoms with Crippen LogP contribution in [0.25, 0.3) is 0 Å². The van der Waals surface area contributed by atoms with Crippen LogP contribution in [0.1, 0.15) is 12.8 Å². The third-order valence-electron chi connectivity index (χ3n) is 2.56. The maximum Gasteiger partial charge on any atom is 0.202 e. The van der Waals surface area contributed by atoms with Crippen molar-refractivity contribution < 1.29 is 9.47 Å². The Morgan fingerprint density at radius 3 is 2.53 bits per heavy atom. The van der Waals surface area contributed by atoms with E-state index in [1.807, 2.05) is 0 Å². The van der Waals surface area contributed by atoms with Gasteiger partial charge in [-0.25, -0.2) is 0 Å². The number of hydrogen-bond acceptors (Lipinski definition) is 2. The predicted molar refractivity (Wildman–Crippen MR) is 63.1 cm³/mol. The zero-order valence-electron chi connectivity index (χ0n) is 9.72. The normalized spacial score (nSPS) is 23.8. The third kappa shape index (κ3) is 2.33. The Labute approximate surface area is 92.7 Å². The van der Waals surface area contributed by atoms with Gasteiger partial charge in [0.05, 0.1) is 18.8 Å². The number of rotatable bonds is 0. The molecule has 0 amide bonds. The van der Waals surface area contributed by atoms with Crippen LogP contribution < -0.4 is 0 Å². The summed E-state index contributed by atoms with van der Waals surface area (Å²) in [5.41, 5.74) is 4.43. The van der Waals surface area contributed by atoms with Gasteiger partial charge in [-0.15, -0.1) is 5.54 Å². The van der Waals surface area contributed by atoms with Gasteiger partial charge in [0, 0.05) is 6.42 Å². The molecule has 15 heavy (non-hydrogen) atoms. The first-order valence-electron chi connectivity index (χ1n) is 5.54. The summed E-state index contributed by atoms with van der Waals surface area (Å²) in [5.74, 6) is 2.81. The third-order valence-corrected chi connectivity index (χ3v) is 3.43. The largest absolute Gasteiger partial charge is 0.343 e. The van der Waals surface area contributed by atoms with Crippen LogP contribution in [0, 0.1) is 11.5 Å². The SMILES string of the molecule is C[Si](C)(C)C#CC1=CCCC12OCCO2. The van der Waals surface area contributed by atoms with Crippen molar-refractivity contribution in [2.75, 3.05) is 13.2 Å². The molecule has 3 heteroatoms. The van der Waals surface area contributed by atoms with E-state index in [0.717, 1.165) is 18.4 Å². The van der Waals surface area contributed by atoms with E-state index in [0.29, 0.717) is 13.2 Å². The van der Waals surface area contributed by atoms with Gasteiger partial charge in [0.2, 0.25) is 5.79 Å². The highest BCUT2D eigenvalue weighted by Crippen LogP contribution is 2.37. The van der Waals surface area contributed by atoms with E-state index in [-0.39, 0.29) is 0 Å². The smallest absolute Gasteiger partial charge is 0.202 e. The lowest BCUT2D eigenvalue weighted by atomic mass is 10.1. The second kappa shape index (κ2) is 3.78. The number of hydrogen-bond donors (Lipinski definition) is 0. The van der Waals surface area contributed by atoms with Gasteiger partial charge in [-0.2, -0.15) is 0 Å². The van der Waals surface area contributed by atoms with Crippen molar-refractivity contribution in [2.24, 2.45) is 0 Å². The van der Waals surface area contributed by atoms with Gasteiger partial charge >= 0.3 is 0 Å². The van der Waals surface area contributed by atoms with E-state index >= 15 is 0 Å². The van der Waals surface area contributed by atoms with Gasteiger partial charge in [-0.3, -0.25) is 0 Å². The van der Waals surface area contributed by atoms with Gasteiger partial charge in [0.1, 0.15) is 8.07 Å². The summed E-state index contributed by atoms with van der Waals surface area (Å²) < 4.78 is 11.4. The summed E-state index contributed by atoms with van der Waals surface area (Å²) in [5, 5.41) is 0. The molecule has 1 heterocycles. The molecule has 2 aliphatic rings. The molecule has 0 atom stereocenters. The van der Waals surface area contributed by atoms with Crippen LogP contribution in [-0.4, -0.2) is 27.1 Å². The minimum atomic E-state index is -1.31. The van der Waals surface area contributed by atoms with Crippen LogP contribution in [0.4, 0.5) is 0 Å². The summed E-state index contributed by atoms with van der Waals surface area (Å²) in [6, 6.07) is 0. The molecular weight excluding hydrogens is 204 g/mol. The van der Waals surface area contributed by atoms with E-state index in [4.69, 9.17) is 9.47 Å². The maximum absolute atomic E-state index is 5.70. The molecule has 0 N–H and O–H groups in total. The lowest BCUT2D eigenvalue weighted by molar-refractivity contribution is -0.120. The Bertz CT molecular complexity index is 335. The highest BCUT2D eigenvalue weighted by Gasteiger charge is 2.42. The maximum atomic E-state index is 5.70. The zero-order valence-corrected chi connectivity index (χ0v) is 10.7. The average molecular weight is 222 g/mol. The number of allylic oxidation sites excluding steroid dienone is 1. The molecule has 82 valence electrons. The van der Waals surface area contributed by atoms with Crippen molar-refractivity contribution in [3.8, 4) is 11.5 Å². The summed E-state index contributed by atoms with van der Waals surface area (Å²) in [6.45, 7) is 8.15. The van der Waals surface area contributed by atoms with E-state index in [1.54, 1.807) is 0 Å². The quantitative estimate of drug-likeness (QED) is 0.462. The average Bonchev–Trinajstić information content (AvgIpc) is 2.73. The highest BCUT2D eigenvalue weighted by atomic mass is 28.3. The fourth-order valence-electron chi connectivity index (χ4n) is 1.85. The lowest BCUT2D eigenvalue weighted by Gasteiger charge is -2.22. The summed E-state index contributed by atoms with van der Waals surface area (Å²) >= 11 is 0. The second-order valence-corrected chi connectivity index (χ2v) is 9.86. The molecule has 2 rings (SSSR count). The van der Waals surface area contributed by atoms with Gasteiger partial charge < -0.3 is 9.47 Å². The van der Waals surface area contributed by atoms with Crippen LogP contribution in [0.2, 0.25) is 19.6 Å². The van der Waals surface area contributed by atoms with Crippen molar-refractivity contribution in [1.82, 2.24) is 0 Å². The standard InChI is InChI=1S/C12H18O2Si/c1-15(2,3)10-6-11-5-4-7-12(11)13-8-9-14-12/h5H,4,7-9H2,1-3H3. The monoisotopic (exact) mass is 222 g/mol. The van der Waals surface area contributed by atoms with Crippen LogP contribution in [0.15, 0.2) is 11.6 Å². The zero-order chi connectivity index (χ0) is 10.9. The Morgan fingerprint density at radius 1 is 1.27 bits per heavy atom. The Hall–Kier alpha value is -0.563. The molecule has 1 aliphatic carbocycles. The highest BCUT2D eigenvalue weighted by molar-refractivity contribution is 6.83. The fraction of sp³-hybridized carbons (Fsp3) is 0.667. The van der Waals surface area contributed by atoms with Crippen molar-refractivity contribution >= 4 is 8.07 Å². The van der Waals surface area contributed by atoms with Gasteiger partial charge in [0.15, 0.2) is 0 Å². The van der Waals surface area contributed by atoms with Gasteiger partial charge in [-0.05, 0) is 6.42 Å². The van der Waals surface area contributed by atoms with Crippen molar-refractivity contribution in [3.63, 3.8) is 0 Å². The minimum absolute atomic E-state index is 0.466. The van der Waals surface area contributed by atoms with Gasteiger partial charge in [-0.1, -0.05) is 31.6 Å².